The number of benzene rings is 3. The van der Waals surface area contributed by atoms with Gasteiger partial charge in [-0.3, -0.25) is 5.32 Å². The van der Waals surface area contributed by atoms with Gasteiger partial charge in [0.15, 0.2) is 6.04 Å². The van der Waals surface area contributed by atoms with Gasteiger partial charge in [-0.2, -0.15) is 4.57 Å². The van der Waals surface area contributed by atoms with E-state index in [1.54, 1.807) is 4.57 Å². The number of carbonyl (C=O) groups is 1. The van der Waals surface area contributed by atoms with Crippen molar-refractivity contribution in [2.45, 2.75) is 39.2 Å². The van der Waals surface area contributed by atoms with Crippen molar-refractivity contribution in [3.8, 4) is 11.3 Å². The van der Waals surface area contributed by atoms with Gasteiger partial charge in [0.1, 0.15) is 17.6 Å². The fourth-order valence-corrected chi connectivity index (χ4v) is 4.48. The molecule has 1 atom stereocenters. The summed E-state index contributed by atoms with van der Waals surface area (Å²) in [6.45, 7) is 4.22. The molecule has 4 heteroatoms. The van der Waals surface area contributed by atoms with E-state index in [9.17, 15) is 4.79 Å². The summed E-state index contributed by atoms with van der Waals surface area (Å²) in [6.07, 6.45) is 4.18. The molecule has 0 fully saturated rings. The van der Waals surface area contributed by atoms with E-state index in [0.29, 0.717) is 12.8 Å². The van der Waals surface area contributed by atoms with Gasteiger partial charge in [-0.15, -0.1) is 0 Å². The van der Waals surface area contributed by atoms with Crippen molar-refractivity contribution in [2.75, 3.05) is 5.32 Å². The third kappa shape index (κ3) is 4.42. The summed E-state index contributed by atoms with van der Waals surface area (Å²) in [7, 11) is 0. The van der Waals surface area contributed by atoms with Crippen molar-refractivity contribution in [3.05, 3.63) is 113 Å². The maximum atomic E-state index is 13.5. The highest BCUT2D eigenvalue weighted by atomic mass is 16.2. The number of nitrogens with one attached hydrogen (secondary N) is 1. The first-order valence-electron chi connectivity index (χ1n) is 11.6. The van der Waals surface area contributed by atoms with Crippen molar-refractivity contribution in [1.29, 1.82) is 0 Å². The summed E-state index contributed by atoms with van der Waals surface area (Å²) in [4.78, 5) is 18.5. The molecule has 0 aliphatic carbocycles. The van der Waals surface area contributed by atoms with Gasteiger partial charge in [-0.25, -0.2) is 9.78 Å². The number of hydrogen-bond acceptors (Lipinski definition) is 3. The smallest absolute Gasteiger partial charge is 0.258 e. The van der Waals surface area contributed by atoms with Crippen molar-refractivity contribution in [3.63, 3.8) is 0 Å². The summed E-state index contributed by atoms with van der Waals surface area (Å²) in [6, 6.07) is 26.8. The molecule has 33 heavy (non-hydrogen) atoms. The monoisotopic (exact) mass is 434 g/mol. The third-order valence-electron chi connectivity index (χ3n) is 6.24. The zero-order valence-electron chi connectivity index (χ0n) is 19.1. The standard InChI is InChI=1S/C29H27N3O/c1-3-21-12-8-13-23(16-21)18-26-29(33)32-19-27(24-14-7-9-20(2)15-24)30-25(28(32)31-26)17-22-10-5-4-6-11-22/h4-16,19,26H,3,17-18H2,1-2H3/p+1. The van der Waals surface area contributed by atoms with E-state index in [1.165, 1.54) is 22.3 Å². The zero-order chi connectivity index (χ0) is 22.8. The quantitative estimate of drug-likeness (QED) is 0.426. The van der Waals surface area contributed by atoms with Crippen LogP contribution in [0.1, 0.15) is 39.7 Å². The highest BCUT2D eigenvalue weighted by Crippen LogP contribution is 2.25. The molecule has 1 aliphatic rings. The Balaban J connectivity index is 1.54. The minimum Gasteiger partial charge on any atom is -0.258 e. The highest BCUT2D eigenvalue weighted by molar-refractivity contribution is 5.82. The molecule has 2 heterocycles. The number of aromatic nitrogens is 2. The summed E-state index contributed by atoms with van der Waals surface area (Å²) >= 11 is 0. The predicted molar refractivity (Wildman–Crippen MR) is 131 cm³/mol. The van der Waals surface area contributed by atoms with Crippen LogP contribution in [-0.4, -0.2) is 16.9 Å². The van der Waals surface area contributed by atoms with E-state index in [1.807, 2.05) is 30.5 Å². The summed E-state index contributed by atoms with van der Waals surface area (Å²) in [5, 5.41) is 3.50. The topological polar surface area (TPSA) is 45.9 Å². The first kappa shape index (κ1) is 21.1. The normalized spacial score (nSPS) is 14.7. The molecule has 1 aliphatic heterocycles. The Kier molecular flexibility index (Phi) is 5.74. The fraction of sp³-hybridized carbons (Fsp3) is 0.207. The number of anilines is 1. The lowest BCUT2D eigenvalue weighted by Crippen LogP contribution is -2.44. The molecule has 0 saturated heterocycles. The van der Waals surface area contributed by atoms with Crippen LogP contribution in [0.25, 0.3) is 11.3 Å². The number of carbonyl (C=O) groups excluding carboxylic acids is 1. The molecule has 0 amide bonds. The molecule has 1 unspecified atom stereocenters. The molecule has 0 bridgehead atoms. The Morgan fingerprint density at radius 2 is 1.67 bits per heavy atom. The molecule has 0 radical (unpaired) electrons. The average Bonchev–Trinajstić information content (AvgIpc) is 3.15. The van der Waals surface area contributed by atoms with Gasteiger partial charge in [0.05, 0.1) is 0 Å². The second-order valence-electron chi connectivity index (χ2n) is 8.74. The van der Waals surface area contributed by atoms with Crippen LogP contribution < -0.4 is 9.88 Å². The van der Waals surface area contributed by atoms with E-state index in [4.69, 9.17) is 4.98 Å². The van der Waals surface area contributed by atoms with Gasteiger partial charge in [0.25, 0.3) is 0 Å². The van der Waals surface area contributed by atoms with Gasteiger partial charge < -0.3 is 0 Å². The van der Waals surface area contributed by atoms with Gasteiger partial charge in [0.2, 0.25) is 0 Å². The second kappa shape index (κ2) is 8.99. The van der Waals surface area contributed by atoms with E-state index >= 15 is 0 Å². The van der Waals surface area contributed by atoms with E-state index in [2.05, 4.69) is 73.8 Å². The number of nitrogens with zero attached hydrogens (tertiary/aromatic N) is 2. The molecule has 0 saturated carbocycles. The first-order chi connectivity index (χ1) is 16.1. The van der Waals surface area contributed by atoms with Crippen LogP contribution >= 0.6 is 0 Å². The molecule has 4 aromatic rings. The van der Waals surface area contributed by atoms with Crippen molar-refractivity contribution in [2.24, 2.45) is 0 Å². The van der Waals surface area contributed by atoms with E-state index < -0.39 is 0 Å². The molecular weight excluding hydrogens is 406 g/mol. The number of rotatable bonds is 6. The van der Waals surface area contributed by atoms with Crippen molar-refractivity contribution < 1.29 is 9.36 Å². The number of aryl methyl sites for hydroxylation is 2. The lowest BCUT2D eigenvalue weighted by Gasteiger charge is -2.08. The molecular formula is C29H28N3O+. The summed E-state index contributed by atoms with van der Waals surface area (Å²) < 4.78 is 1.78. The third-order valence-corrected chi connectivity index (χ3v) is 6.24. The zero-order valence-corrected chi connectivity index (χ0v) is 19.1. The first-order valence-corrected chi connectivity index (χ1v) is 11.6. The minimum absolute atomic E-state index is 0.0671. The van der Waals surface area contributed by atoms with Gasteiger partial charge in [-0.05, 0) is 36.1 Å². The molecule has 3 aromatic carbocycles. The molecule has 1 N–H and O–H groups in total. The van der Waals surface area contributed by atoms with Crippen LogP contribution in [0.5, 0.6) is 0 Å². The van der Waals surface area contributed by atoms with Gasteiger partial charge in [0, 0.05) is 18.4 Å². The van der Waals surface area contributed by atoms with Gasteiger partial charge >= 0.3 is 11.7 Å². The molecule has 164 valence electrons. The predicted octanol–water partition coefficient (Wildman–Crippen LogP) is 5.17. The number of fused-ring (bicyclic) bond motifs is 1. The van der Waals surface area contributed by atoms with Crippen LogP contribution in [0, 0.1) is 6.92 Å². The fourth-order valence-electron chi connectivity index (χ4n) is 4.48. The average molecular weight is 435 g/mol. The Morgan fingerprint density at radius 3 is 2.45 bits per heavy atom. The van der Waals surface area contributed by atoms with Crippen LogP contribution in [0.2, 0.25) is 0 Å². The maximum Gasteiger partial charge on any atom is 0.359 e. The molecule has 4 nitrogen and oxygen atoms in total. The lowest BCUT2D eigenvalue weighted by molar-refractivity contribution is -0.552. The molecule has 1 aromatic heterocycles. The van der Waals surface area contributed by atoms with Crippen molar-refractivity contribution in [1.82, 2.24) is 4.98 Å². The Bertz CT molecular complexity index is 1310. The Labute approximate surface area is 195 Å². The molecule has 0 spiro atoms. The maximum absolute atomic E-state index is 13.5. The summed E-state index contributed by atoms with van der Waals surface area (Å²) in [5.74, 6) is 0.870. The Hall–Kier alpha value is -3.79. The summed E-state index contributed by atoms with van der Waals surface area (Å²) in [5.41, 5.74) is 7.52. The van der Waals surface area contributed by atoms with Crippen LogP contribution in [-0.2, 0) is 19.3 Å². The lowest BCUT2D eigenvalue weighted by atomic mass is 10.0. The second-order valence-corrected chi connectivity index (χ2v) is 8.74. The SMILES string of the molecule is CCc1cccc(CC2Nc3c(Cc4ccccc4)nc(-c4cccc(C)c4)c[n+]3C2=O)c1. The van der Waals surface area contributed by atoms with E-state index in [-0.39, 0.29) is 11.9 Å². The highest BCUT2D eigenvalue weighted by Gasteiger charge is 2.41. The van der Waals surface area contributed by atoms with Crippen molar-refractivity contribution >= 4 is 11.7 Å². The van der Waals surface area contributed by atoms with Gasteiger partial charge in [-0.1, -0.05) is 85.3 Å². The van der Waals surface area contributed by atoms with Crippen LogP contribution in [0.15, 0.2) is 85.1 Å². The van der Waals surface area contributed by atoms with Crippen LogP contribution in [0.4, 0.5) is 5.82 Å². The largest absolute Gasteiger partial charge is 0.359 e. The van der Waals surface area contributed by atoms with E-state index in [0.717, 1.165) is 29.2 Å². The molecule has 5 rings (SSSR count). The Morgan fingerprint density at radius 1 is 0.909 bits per heavy atom. The minimum atomic E-state index is -0.304. The number of hydrogen-bond donors (Lipinski definition) is 1. The van der Waals surface area contributed by atoms with Crippen LogP contribution in [0.3, 0.4) is 0 Å².